The molecule has 26 heavy (non-hydrogen) atoms. The summed E-state index contributed by atoms with van der Waals surface area (Å²) >= 11 is 0. The first-order chi connectivity index (χ1) is 11.8. The zero-order valence-corrected chi connectivity index (χ0v) is 16.1. The van der Waals surface area contributed by atoms with Crippen molar-refractivity contribution in [2.45, 2.75) is 45.5 Å². The molecule has 0 radical (unpaired) electrons. The average molecular weight is 397 g/mol. The van der Waals surface area contributed by atoms with Gasteiger partial charge in [-0.15, -0.1) is 12.4 Å². The van der Waals surface area contributed by atoms with Gasteiger partial charge in [-0.25, -0.2) is 0 Å². The van der Waals surface area contributed by atoms with Crippen LogP contribution in [0.5, 0.6) is 0 Å². The monoisotopic (exact) mass is 396 g/mol. The molecule has 3 heterocycles. The summed E-state index contributed by atoms with van der Waals surface area (Å²) in [6.07, 6.45) is -1.97. The Morgan fingerprint density at radius 3 is 2.58 bits per heavy atom. The van der Waals surface area contributed by atoms with Gasteiger partial charge in [0.2, 0.25) is 0 Å². The maximum Gasteiger partial charge on any atom is 0.408 e. The number of nitrogens with zero attached hydrogens (tertiary/aromatic N) is 3. The normalized spacial score (nSPS) is 23.0. The van der Waals surface area contributed by atoms with Crippen molar-refractivity contribution in [3.05, 3.63) is 17.0 Å². The van der Waals surface area contributed by atoms with Gasteiger partial charge < -0.3 is 10.1 Å². The van der Waals surface area contributed by atoms with Crippen molar-refractivity contribution in [3.63, 3.8) is 0 Å². The third kappa shape index (κ3) is 5.12. The standard InChI is InChI=1S/C17H27F3N4O.ClH/c1-12-16(13(2)24(22-12)11-17(18,19)20)15-10-25-8-7-23(15)9-14-3-5-21-6-4-14;/h14-15,21H,3-11H2,1-2H3;1H. The van der Waals surface area contributed by atoms with Crippen LogP contribution in [0.25, 0.3) is 0 Å². The van der Waals surface area contributed by atoms with Crippen LogP contribution in [0.1, 0.15) is 35.8 Å². The van der Waals surface area contributed by atoms with Crippen molar-refractivity contribution < 1.29 is 17.9 Å². The molecule has 3 rings (SSSR count). The van der Waals surface area contributed by atoms with E-state index in [1.54, 1.807) is 13.8 Å². The summed E-state index contributed by atoms with van der Waals surface area (Å²) in [4.78, 5) is 2.38. The highest BCUT2D eigenvalue weighted by Crippen LogP contribution is 2.32. The first-order valence-electron chi connectivity index (χ1n) is 8.98. The lowest BCUT2D eigenvalue weighted by molar-refractivity contribution is -0.143. The third-order valence-electron chi connectivity index (χ3n) is 5.29. The predicted molar refractivity (Wildman–Crippen MR) is 95.7 cm³/mol. The van der Waals surface area contributed by atoms with Gasteiger partial charge in [-0.3, -0.25) is 9.58 Å². The van der Waals surface area contributed by atoms with Gasteiger partial charge in [-0.05, 0) is 45.7 Å². The van der Waals surface area contributed by atoms with E-state index in [2.05, 4.69) is 15.3 Å². The molecule has 2 aliphatic rings. The molecule has 2 saturated heterocycles. The Labute approximate surface area is 158 Å². The topological polar surface area (TPSA) is 42.3 Å². The van der Waals surface area contributed by atoms with Crippen molar-refractivity contribution in [2.24, 2.45) is 5.92 Å². The predicted octanol–water partition coefficient (Wildman–Crippen LogP) is 2.86. The third-order valence-corrected chi connectivity index (χ3v) is 5.29. The van der Waals surface area contributed by atoms with Crippen LogP contribution in [-0.2, 0) is 11.3 Å². The molecular weight excluding hydrogens is 369 g/mol. The van der Waals surface area contributed by atoms with E-state index < -0.39 is 12.7 Å². The molecule has 150 valence electrons. The van der Waals surface area contributed by atoms with E-state index in [-0.39, 0.29) is 18.4 Å². The number of alkyl halides is 3. The number of morpholine rings is 1. The Bertz CT molecular complexity index is 587. The summed E-state index contributed by atoms with van der Waals surface area (Å²) in [7, 11) is 0. The molecule has 2 fully saturated rings. The number of nitrogens with one attached hydrogen (secondary N) is 1. The van der Waals surface area contributed by atoms with Crippen molar-refractivity contribution in [2.75, 3.05) is 39.4 Å². The minimum Gasteiger partial charge on any atom is -0.378 e. The van der Waals surface area contributed by atoms with Crippen LogP contribution >= 0.6 is 12.4 Å². The van der Waals surface area contributed by atoms with Crippen LogP contribution in [0.3, 0.4) is 0 Å². The van der Waals surface area contributed by atoms with Crippen molar-refractivity contribution in [1.29, 1.82) is 0 Å². The summed E-state index contributed by atoms with van der Waals surface area (Å²) in [5, 5.41) is 7.53. The number of halogens is 4. The van der Waals surface area contributed by atoms with Crippen LogP contribution < -0.4 is 5.32 Å². The molecule has 2 aliphatic heterocycles. The molecule has 0 spiro atoms. The lowest BCUT2D eigenvalue weighted by Gasteiger charge is -2.39. The quantitative estimate of drug-likeness (QED) is 0.849. The number of rotatable bonds is 4. The molecule has 1 aromatic heterocycles. The first kappa shape index (κ1) is 21.5. The number of ether oxygens (including phenoxy) is 1. The second-order valence-electron chi connectivity index (χ2n) is 7.14. The summed E-state index contributed by atoms with van der Waals surface area (Å²) in [5.41, 5.74) is 2.17. The van der Waals surface area contributed by atoms with Crippen LogP contribution in [-0.4, -0.2) is 60.2 Å². The fourth-order valence-electron chi connectivity index (χ4n) is 4.04. The summed E-state index contributed by atoms with van der Waals surface area (Å²) in [6, 6.07) is -0.00869. The first-order valence-corrected chi connectivity index (χ1v) is 8.98. The number of aromatic nitrogens is 2. The molecular formula is C17H28ClF3N4O. The largest absolute Gasteiger partial charge is 0.408 e. The van der Waals surface area contributed by atoms with Crippen LogP contribution in [0.2, 0.25) is 0 Å². The maximum absolute atomic E-state index is 12.8. The Hall–Kier alpha value is -0.830. The van der Waals surface area contributed by atoms with E-state index in [1.807, 2.05) is 0 Å². The van der Waals surface area contributed by atoms with Gasteiger partial charge in [0.25, 0.3) is 0 Å². The average Bonchev–Trinajstić information content (AvgIpc) is 2.81. The number of hydrogen-bond donors (Lipinski definition) is 1. The van der Waals surface area contributed by atoms with Gasteiger partial charge in [0.05, 0.1) is 24.9 Å². The Morgan fingerprint density at radius 1 is 1.23 bits per heavy atom. The van der Waals surface area contributed by atoms with E-state index >= 15 is 0 Å². The molecule has 1 N–H and O–H groups in total. The molecule has 0 bridgehead atoms. The van der Waals surface area contributed by atoms with E-state index in [0.717, 1.165) is 49.3 Å². The second kappa shape index (κ2) is 8.91. The Balaban J connectivity index is 0.00000243. The van der Waals surface area contributed by atoms with Crippen molar-refractivity contribution >= 4 is 12.4 Å². The SMILES string of the molecule is Cc1nn(CC(F)(F)F)c(C)c1C1COCCN1CC1CCNCC1.Cl. The molecule has 0 aliphatic carbocycles. The van der Waals surface area contributed by atoms with Gasteiger partial charge in [-0.2, -0.15) is 18.3 Å². The molecule has 1 unspecified atom stereocenters. The molecule has 0 saturated carbocycles. The number of hydrogen-bond acceptors (Lipinski definition) is 4. The second-order valence-corrected chi connectivity index (χ2v) is 7.14. The fraction of sp³-hybridized carbons (Fsp3) is 0.824. The molecule has 0 amide bonds. The van der Waals surface area contributed by atoms with Gasteiger partial charge >= 0.3 is 6.18 Å². The highest BCUT2D eigenvalue weighted by atomic mass is 35.5. The van der Waals surface area contributed by atoms with E-state index in [0.29, 0.717) is 30.5 Å². The zero-order chi connectivity index (χ0) is 18.0. The lowest BCUT2D eigenvalue weighted by Crippen LogP contribution is -2.44. The molecule has 0 aromatic carbocycles. The summed E-state index contributed by atoms with van der Waals surface area (Å²) in [6.45, 7) is 7.56. The summed E-state index contributed by atoms with van der Waals surface area (Å²) in [5.74, 6) is 0.632. The molecule has 5 nitrogen and oxygen atoms in total. The van der Waals surface area contributed by atoms with Gasteiger partial charge in [0, 0.05) is 24.3 Å². The molecule has 9 heteroatoms. The van der Waals surface area contributed by atoms with Crippen LogP contribution in [0, 0.1) is 19.8 Å². The zero-order valence-electron chi connectivity index (χ0n) is 15.3. The number of aryl methyl sites for hydroxylation is 1. The van der Waals surface area contributed by atoms with E-state index in [9.17, 15) is 13.2 Å². The van der Waals surface area contributed by atoms with E-state index in [4.69, 9.17) is 4.74 Å². The highest BCUT2D eigenvalue weighted by molar-refractivity contribution is 5.85. The minimum absolute atomic E-state index is 0. The fourth-order valence-corrected chi connectivity index (χ4v) is 4.04. The van der Waals surface area contributed by atoms with Crippen molar-refractivity contribution in [3.8, 4) is 0 Å². The van der Waals surface area contributed by atoms with Crippen LogP contribution in [0.15, 0.2) is 0 Å². The van der Waals surface area contributed by atoms with Gasteiger partial charge in [0.1, 0.15) is 6.54 Å². The Kier molecular flexibility index (Phi) is 7.35. The maximum atomic E-state index is 12.8. The molecule has 1 aromatic rings. The molecule has 1 atom stereocenters. The van der Waals surface area contributed by atoms with Gasteiger partial charge in [-0.1, -0.05) is 0 Å². The lowest BCUT2D eigenvalue weighted by atomic mass is 9.95. The van der Waals surface area contributed by atoms with E-state index in [1.165, 1.54) is 0 Å². The van der Waals surface area contributed by atoms with Crippen LogP contribution in [0.4, 0.5) is 13.2 Å². The van der Waals surface area contributed by atoms with Crippen molar-refractivity contribution in [1.82, 2.24) is 20.0 Å². The highest BCUT2D eigenvalue weighted by Gasteiger charge is 2.34. The summed E-state index contributed by atoms with van der Waals surface area (Å²) < 4.78 is 45.1. The Morgan fingerprint density at radius 2 is 1.92 bits per heavy atom. The minimum atomic E-state index is -4.27. The smallest absolute Gasteiger partial charge is 0.378 e. The van der Waals surface area contributed by atoms with Gasteiger partial charge in [0.15, 0.2) is 0 Å². The number of piperidine rings is 1.